The molecule has 0 saturated heterocycles. The van der Waals surface area contributed by atoms with Gasteiger partial charge in [0.1, 0.15) is 16.5 Å². The number of aromatic amines is 1. The summed E-state index contributed by atoms with van der Waals surface area (Å²) in [7, 11) is 1.31. The number of thioether (sulfide) groups is 1. The average Bonchev–Trinajstić information content (AvgIpc) is 3.03. The molecule has 0 aliphatic heterocycles. The Balaban J connectivity index is 2.07. The number of rotatable bonds is 5. The highest BCUT2D eigenvalue weighted by Crippen LogP contribution is 2.24. The van der Waals surface area contributed by atoms with Gasteiger partial charge in [-0.3, -0.25) is 9.59 Å². The van der Waals surface area contributed by atoms with Crippen LogP contribution in [0.4, 0.5) is 4.39 Å². The Hall–Kier alpha value is -2.68. The number of H-pyrrole nitrogens is 1. The van der Waals surface area contributed by atoms with Gasteiger partial charge >= 0.3 is 5.97 Å². The highest BCUT2D eigenvalue weighted by molar-refractivity contribution is 8.00. The number of hydrogen-bond acceptors (Lipinski definition) is 6. The predicted octanol–water partition coefficient (Wildman–Crippen LogP) is 2.29. The zero-order chi connectivity index (χ0) is 18.0. The fourth-order valence-electron chi connectivity index (χ4n) is 2.32. The van der Waals surface area contributed by atoms with E-state index in [1.165, 1.54) is 30.1 Å². The number of benzene rings is 1. The smallest absolute Gasteiger partial charge is 0.319 e. The summed E-state index contributed by atoms with van der Waals surface area (Å²) in [4.78, 5) is 31.0. The van der Waals surface area contributed by atoms with Crippen molar-refractivity contribution in [1.82, 2.24) is 19.7 Å². The molecule has 25 heavy (non-hydrogen) atoms. The molecule has 1 atom stereocenters. The first-order valence-electron chi connectivity index (χ1n) is 7.52. The van der Waals surface area contributed by atoms with Crippen molar-refractivity contribution in [3.8, 4) is 5.69 Å². The number of ether oxygens (including phenoxy) is 1. The van der Waals surface area contributed by atoms with Gasteiger partial charge in [0, 0.05) is 0 Å². The summed E-state index contributed by atoms with van der Waals surface area (Å²) >= 11 is 1.10. The minimum atomic E-state index is -0.490. The fraction of sp³-hybridized carbons (Fsp3) is 0.250. The van der Waals surface area contributed by atoms with Gasteiger partial charge in [0.25, 0.3) is 5.56 Å². The van der Waals surface area contributed by atoms with Gasteiger partial charge in [-0.2, -0.15) is 5.10 Å². The monoisotopic (exact) mass is 362 g/mol. The van der Waals surface area contributed by atoms with E-state index in [4.69, 9.17) is 4.74 Å². The third-order valence-electron chi connectivity index (χ3n) is 3.56. The minimum absolute atomic E-state index is 0.271. The van der Waals surface area contributed by atoms with E-state index >= 15 is 0 Å². The van der Waals surface area contributed by atoms with E-state index in [1.807, 2.05) is 6.92 Å². The van der Waals surface area contributed by atoms with Crippen molar-refractivity contribution in [2.24, 2.45) is 0 Å². The second-order valence-corrected chi connectivity index (χ2v) is 6.37. The van der Waals surface area contributed by atoms with Crippen LogP contribution >= 0.6 is 11.8 Å². The van der Waals surface area contributed by atoms with Crippen molar-refractivity contribution in [1.29, 1.82) is 0 Å². The summed E-state index contributed by atoms with van der Waals surface area (Å²) in [5.74, 6) is -0.814. The summed E-state index contributed by atoms with van der Waals surface area (Å²) in [6, 6.07) is 5.82. The lowest BCUT2D eigenvalue weighted by molar-refractivity contribution is -0.140. The first-order chi connectivity index (χ1) is 12.0. The molecule has 3 aromatic rings. The molecule has 0 amide bonds. The molecule has 0 saturated carbocycles. The molecule has 9 heteroatoms. The van der Waals surface area contributed by atoms with Gasteiger partial charge in [-0.1, -0.05) is 24.8 Å². The molecule has 0 aliphatic carbocycles. The summed E-state index contributed by atoms with van der Waals surface area (Å²) in [6.07, 6.45) is 1.89. The number of nitrogens with zero attached hydrogens (tertiary/aromatic N) is 3. The molecule has 0 radical (unpaired) electrons. The molecule has 7 nitrogen and oxygen atoms in total. The average molecular weight is 362 g/mol. The van der Waals surface area contributed by atoms with Crippen molar-refractivity contribution in [3.63, 3.8) is 0 Å². The number of methoxy groups -OCH3 is 1. The van der Waals surface area contributed by atoms with E-state index in [0.29, 0.717) is 12.1 Å². The van der Waals surface area contributed by atoms with Crippen LogP contribution in [0.15, 0.2) is 40.4 Å². The lowest BCUT2D eigenvalue weighted by Gasteiger charge is -2.11. The molecule has 0 fully saturated rings. The Labute approximate surface area is 146 Å². The molecule has 1 unspecified atom stereocenters. The normalized spacial score (nSPS) is 12.3. The SMILES string of the molecule is CCC(Sc1nc2c(cnn2-c2cccc(F)c2)c(=O)[nH]1)C(=O)OC. The van der Waals surface area contributed by atoms with Gasteiger partial charge < -0.3 is 9.72 Å². The molecule has 130 valence electrons. The third-order valence-corrected chi connectivity index (χ3v) is 4.78. The van der Waals surface area contributed by atoms with E-state index in [9.17, 15) is 14.0 Å². The number of aromatic nitrogens is 4. The molecule has 1 N–H and O–H groups in total. The number of hydrogen-bond donors (Lipinski definition) is 1. The molecule has 1 aromatic carbocycles. The van der Waals surface area contributed by atoms with Crippen LogP contribution in [0.3, 0.4) is 0 Å². The second-order valence-electron chi connectivity index (χ2n) is 5.18. The second kappa shape index (κ2) is 7.06. The summed E-state index contributed by atoms with van der Waals surface area (Å²) in [6.45, 7) is 1.84. The first kappa shape index (κ1) is 17.2. The Bertz CT molecular complexity index is 985. The Kier molecular flexibility index (Phi) is 4.84. The summed E-state index contributed by atoms with van der Waals surface area (Å²) < 4.78 is 19.6. The maximum Gasteiger partial charge on any atom is 0.319 e. The summed E-state index contributed by atoms with van der Waals surface area (Å²) in [5, 5.41) is 4.18. The Morgan fingerprint density at radius 3 is 2.96 bits per heavy atom. The molecular formula is C16H15FN4O3S. The Morgan fingerprint density at radius 2 is 2.28 bits per heavy atom. The highest BCUT2D eigenvalue weighted by Gasteiger charge is 2.21. The van der Waals surface area contributed by atoms with Gasteiger partial charge in [-0.25, -0.2) is 14.1 Å². The maximum atomic E-state index is 13.5. The zero-order valence-electron chi connectivity index (χ0n) is 13.5. The number of fused-ring (bicyclic) bond motifs is 1. The van der Waals surface area contributed by atoms with Crippen LogP contribution in [0.1, 0.15) is 13.3 Å². The van der Waals surface area contributed by atoms with Crippen LogP contribution in [0.25, 0.3) is 16.7 Å². The zero-order valence-corrected chi connectivity index (χ0v) is 14.3. The molecule has 0 aliphatic rings. The summed E-state index contributed by atoms with van der Waals surface area (Å²) in [5.41, 5.74) is 0.357. The predicted molar refractivity (Wildman–Crippen MR) is 91.4 cm³/mol. The molecule has 0 bridgehead atoms. The van der Waals surface area contributed by atoms with Gasteiger partial charge in [0.15, 0.2) is 10.8 Å². The van der Waals surface area contributed by atoms with Crippen LogP contribution < -0.4 is 5.56 Å². The lowest BCUT2D eigenvalue weighted by atomic mass is 10.3. The largest absolute Gasteiger partial charge is 0.468 e. The van der Waals surface area contributed by atoms with Crippen molar-refractivity contribution in [3.05, 3.63) is 46.6 Å². The molecular weight excluding hydrogens is 347 g/mol. The number of halogens is 1. The third kappa shape index (κ3) is 3.41. The standard InChI is InChI=1S/C16H15FN4O3S/c1-3-12(15(23)24-2)25-16-19-13-11(14(22)20-16)8-18-21(13)10-6-4-5-9(17)7-10/h4-8,12H,3H2,1-2H3,(H,19,20,22). The topological polar surface area (TPSA) is 89.9 Å². The van der Waals surface area contributed by atoms with E-state index in [-0.39, 0.29) is 21.7 Å². The van der Waals surface area contributed by atoms with Crippen LogP contribution in [0, 0.1) is 5.82 Å². The molecule has 0 spiro atoms. The van der Waals surface area contributed by atoms with E-state index in [0.717, 1.165) is 11.8 Å². The number of carbonyl (C=O) groups is 1. The number of esters is 1. The van der Waals surface area contributed by atoms with Crippen molar-refractivity contribution >= 4 is 28.8 Å². The first-order valence-corrected chi connectivity index (χ1v) is 8.40. The van der Waals surface area contributed by atoms with E-state index in [1.54, 1.807) is 12.1 Å². The maximum absolute atomic E-state index is 13.5. The molecule has 3 rings (SSSR count). The fourth-order valence-corrected chi connectivity index (χ4v) is 3.23. The molecule has 2 heterocycles. The van der Waals surface area contributed by atoms with Gasteiger partial charge in [0.05, 0.1) is 19.0 Å². The van der Waals surface area contributed by atoms with Crippen LogP contribution in [-0.2, 0) is 9.53 Å². The van der Waals surface area contributed by atoms with Crippen molar-refractivity contribution in [2.75, 3.05) is 7.11 Å². The number of nitrogens with one attached hydrogen (secondary N) is 1. The van der Waals surface area contributed by atoms with Crippen molar-refractivity contribution < 1.29 is 13.9 Å². The number of carbonyl (C=O) groups excluding carboxylic acids is 1. The van der Waals surface area contributed by atoms with E-state index < -0.39 is 17.0 Å². The van der Waals surface area contributed by atoms with Gasteiger partial charge in [0.2, 0.25) is 0 Å². The van der Waals surface area contributed by atoms with Crippen LogP contribution in [0.5, 0.6) is 0 Å². The molecule has 2 aromatic heterocycles. The van der Waals surface area contributed by atoms with E-state index in [2.05, 4.69) is 15.1 Å². The highest BCUT2D eigenvalue weighted by atomic mass is 32.2. The van der Waals surface area contributed by atoms with Gasteiger partial charge in [-0.15, -0.1) is 0 Å². The minimum Gasteiger partial charge on any atom is -0.468 e. The van der Waals surface area contributed by atoms with Crippen LogP contribution in [-0.4, -0.2) is 38.1 Å². The van der Waals surface area contributed by atoms with Crippen LogP contribution in [0.2, 0.25) is 0 Å². The Morgan fingerprint density at radius 1 is 1.48 bits per heavy atom. The quantitative estimate of drug-likeness (QED) is 0.425. The lowest BCUT2D eigenvalue weighted by Crippen LogP contribution is -2.19. The van der Waals surface area contributed by atoms with Gasteiger partial charge in [-0.05, 0) is 24.6 Å². The van der Waals surface area contributed by atoms with Crippen molar-refractivity contribution in [2.45, 2.75) is 23.8 Å².